The molecule has 1 saturated heterocycles. The Morgan fingerprint density at radius 3 is 2.00 bits per heavy atom. The largest absolute Gasteiger partial charge is 0.303 e. The van der Waals surface area contributed by atoms with Gasteiger partial charge in [0.15, 0.2) is 0 Å². The zero-order valence-electron chi connectivity index (χ0n) is 15.4. The number of unbranched alkanes of at least 4 members (excludes halogenated alkanes) is 3. The van der Waals surface area contributed by atoms with Gasteiger partial charge in [-0.3, -0.25) is 0 Å². The Morgan fingerprint density at radius 2 is 1.39 bits per heavy atom. The summed E-state index contributed by atoms with van der Waals surface area (Å²) in [4.78, 5) is 5.49. The van der Waals surface area contributed by atoms with Crippen LogP contribution in [0.2, 0.25) is 0 Å². The maximum Gasteiger partial charge on any atom is 0.0214 e. The molecule has 0 amide bonds. The fraction of sp³-hybridized carbons (Fsp3) is 1.00. The molecule has 0 radical (unpaired) electrons. The predicted molar refractivity (Wildman–Crippen MR) is 97.7 cm³/mol. The molecule has 0 N–H and O–H groups in total. The second-order valence-electron chi connectivity index (χ2n) is 9.53. The van der Waals surface area contributed by atoms with Gasteiger partial charge in [0, 0.05) is 5.54 Å². The molecule has 5 rings (SSSR count). The maximum absolute atomic E-state index is 2.82. The van der Waals surface area contributed by atoms with Gasteiger partial charge in [0.25, 0.3) is 0 Å². The Labute approximate surface area is 144 Å². The van der Waals surface area contributed by atoms with E-state index in [0.717, 1.165) is 17.8 Å². The summed E-state index contributed by atoms with van der Waals surface area (Å²) >= 11 is 0. The molecule has 5 fully saturated rings. The van der Waals surface area contributed by atoms with Crippen molar-refractivity contribution in [1.29, 1.82) is 0 Å². The van der Waals surface area contributed by atoms with Crippen LogP contribution in [0.5, 0.6) is 0 Å². The van der Waals surface area contributed by atoms with E-state index in [9.17, 15) is 0 Å². The molecule has 0 aromatic carbocycles. The summed E-state index contributed by atoms with van der Waals surface area (Å²) in [5, 5.41) is 0. The van der Waals surface area contributed by atoms with Crippen LogP contribution < -0.4 is 0 Å². The van der Waals surface area contributed by atoms with E-state index < -0.39 is 0 Å². The molecule has 2 heteroatoms. The molecule has 4 bridgehead atoms. The highest BCUT2D eigenvalue weighted by molar-refractivity contribution is 5.06. The van der Waals surface area contributed by atoms with Gasteiger partial charge < -0.3 is 9.80 Å². The van der Waals surface area contributed by atoms with E-state index in [4.69, 9.17) is 0 Å². The summed E-state index contributed by atoms with van der Waals surface area (Å²) in [6, 6.07) is 0. The van der Waals surface area contributed by atoms with Gasteiger partial charge in [0.1, 0.15) is 0 Å². The monoisotopic (exact) mass is 318 g/mol. The van der Waals surface area contributed by atoms with Crippen molar-refractivity contribution in [1.82, 2.24) is 9.80 Å². The van der Waals surface area contributed by atoms with Crippen molar-refractivity contribution >= 4 is 0 Å². The first-order valence-corrected chi connectivity index (χ1v) is 10.7. The molecule has 1 heterocycles. The lowest BCUT2D eigenvalue weighted by molar-refractivity contribution is -0.0793. The first-order valence-electron chi connectivity index (χ1n) is 10.7. The lowest BCUT2D eigenvalue weighted by Crippen LogP contribution is -2.58. The number of rotatable bonds is 8. The fourth-order valence-electron chi connectivity index (χ4n) is 6.81. The van der Waals surface area contributed by atoms with E-state index in [2.05, 4.69) is 16.8 Å². The Morgan fingerprint density at radius 1 is 0.826 bits per heavy atom. The lowest BCUT2D eigenvalue weighted by atomic mass is 9.52. The van der Waals surface area contributed by atoms with Crippen LogP contribution in [0.4, 0.5) is 0 Å². The minimum atomic E-state index is 0.629. The normalized spacial score (nSPS) is 39.7. The molecule has 0 spiro atoms. The molecule has 0 atom stereocenters. The Balaban J connectivity index is 1.15. The third-order valence-electron chi connectivity index (χ3n) is 7.73. The third kappa shape index (κ3) is 3.63. The van der Waals surface area contributed by atoms with Gasteiger partial charge in [-0.2, -0.15) is 0 Å². The molecule has 2 nitrogen and oxygen atoms in total. The zero-order chi connectivity index (χ0) is 15.7. The van der Waals surface area contributed by atoms with Crippen molar-refractivity contribution in [2.75, 3.05) is 33.2 Å². The number of likely N-dealkylation sites (tertiary alicyclic amines) is 1. The van der Waals surface area contributed by atoms with Crippen LogP contribution in [0, 0.1) is 17.8 Å². The standard InChI is InChI=1S/C21H38N2/c1-22(8-4-2-3-5-9-23-10-6-7-11-23)21-15-18-12-19(16-21)14-20(13-18)17-21/h18-20H,2-17H2,1H3. The molecular weight excluding hydrogens is 280 g/mol. The molecule has 23 heavy (non-hydrogen) atoms. The van der Waals surface area contributed by atoms with E-state index in [-0.39, 0.29) is 0 Å². The highest BCUT2D eigenvalue weighted by Gasteiger charge is 2.52. The summed E-state index contributed by atoms with van der Waals surface area (Å²) < 4.78 is 0. The van der Waals surface area contributed by atoms with Crippen molar-refractivity contribution in [3.63, 3.8) is 0 Å². The van der Waals surface area contributed by atoms with Crippen molar-refractivity contribution in [2.24, 2.45) is 17.8 Å². The van der Waals surface area contributed by atoms with Crippen molar-refractivity contribution in [3.05, 3.63) is 0 Å². The Bertz CT molecular complexity index is 350. The van der Waals surface area contributed by atoms with Gasteiger partial charge in [-0.05, 0) is 115 Å². The maximum atomic E-state index is 2.82. The topological polar surface area (TPSA) is 6.48 Å². The quantitative estimate of drug-likeness (QED) is 0.606. The van der Waals surface area contributed by atoms with Crippen LogP contribution in [0.1, 0.15) is 77.0 Å². The molecular formula is C21H38N2. The SMILES string of the molecule is CN(CCCCCCN1CCCC1)C12CC3CC(CC(C3)C1)C2. The van der Waals surface area contributed by atoms with Crippen LogP contribution in [-0.4, -0.2) is 48.6 Å². The summed E-state index contributed by atoms with van der Waals surface area (Å²) in [5.41, 5.74) is 0.629. The van der Waals surface area contributed by atoms with E-state index >= 15 is 0 Å². The van der Waals surface area contributed by atoms with Gasteiger partial charge in [0.2, 0.25) is 0 Å². The van der Waals surface area contributed by atoms with Crippen LogP contribution in [-0.2, 0) is 0 Å². The minimum absolute atomic E-state index is 0.629. The molecule has 1 aliphatic heterocycles. The molecule has 132 valence electrons. The van der Waals surface area contributed by atoms with Crippen molar-refractivity contribution in [3.8, 4) is 0 Å². The van der Waals surface area contributed by atoms with E-state index in [0.29, 0.717) is 5.54 Å². The van der Waals surface area contributed by atoms with Crippen molar-refractivity contribution < 1.29 is 0 Å². The van der Waals surface area contributed by atoms with Crippen molar-refractivity contribution in [2.45, 2.75) is 82.6 Å². The first-order chi connectivity index (χ1) is 11.2. The highest BCUT2D eigenvalue weighted by atomic mass is 15.2. The molecule has 0 aromatic rings. The van der Waals surface area contributed by atoms with Gasteiger partial charge in [0.05, 0.1) is 0 Å². The molecule has 5 aliphatic rings. The van der Waals surface area contributed by atoms with Crippen LogP contribution in [0.15, 0.2) is 0 Å². The van der Waals surface area contributed by atoms with E-state index in [1.165, 1.54) is 84.0 Å². The predicted octanol–water partition coefficient (Wildman–Crippen LogP) is 4.54. The fourth-order valence-corrected chi connectivity index (χ4v) is 6.81. The minimum Gasteiger partial charge on any atom is -0.303 e. The summed E-state index contributed by atoms with van der Waals surface area (Å²) in [6.07, 6.45) is 18.0. The van der Waals surface area contributed by atoms with Crippen LogP contribution >= 0.6 is 0 Å². The number of hydrogen-bond acceptors (Lipinski definition) is 2. The lowest BCUT2D eigenvalue weighted by Gasteiger charge is -2.60. The smallest absolute Gasteiger partial charge is 0.0214 e. The first kappa shape index (κ1) is 16.4. The molecule has 4 aliphatic carbocycles. The van der Waals surface area contributed by atoms with Gasteiger partial charge in [-0.1, -0.05) is 12.8 Å². The summed E-state index contributed by atoms with van der Waals surface area (Å²) in [5.74, 6) is 3.26. The number of hydrogen-bond donors (Lipinski definition) is 0. The Hall–Kier alpha value is -0.0800. The zero-order valence-corrected chi connectivity index (χ0v) is 15.4. The van der Waals surface area contributed by atoms with Gasteiger partial charge in [-0.25, -0.2) is 0 Å². The molecule has 0 aromatic heterocycles. The van der Waals surface area contributed by atoms with Gasteiger partial charge >= 0.3 is 0 Å². The summed E-state index contributed by atoms with van der Waals surface area (Å²) in [7, 11) is 2.46. The average Bonchev–Trinajstić information content (AvgIpc) is 3.02. The second kappa shape index (κ2) is 7.04. The Kier molecular flexibility index (Phi) is 5.02. The highest BCUT2D eigenvalue weighted by Crippen LogP contribution is 2.57. The molecule has 4 saturated carbocycles. The van der Waals surface area contributed by atoms with E-state index in [1.807, 2.05) is 0 Å². The van der Waals surface area contributed by atoms with Crippen LogP contribution in [0.3, 0.4) is 0 Å². The summed E-state index contributed by atoms with van der Waals surface area (Å²) in [6.45, 7) is 5.46. The number of nitrogens with zero attached hydrogens (tertiary/aromatic N) is 2. The molecule has 0 unspecified atom stereocenters. The van der Waals surface area contributed by atoms with Gasteiger partial charge in [-0.15, -0.1) is 0 Å². The van der Waals surface area contributed by atoms with Crippen LogP contribution in [0.25, 0.3) is 0 Å². The third-order valence-corrected chi connectivity index (χ3v) is 7.73. The second-order valence-corrected chi connectivity index (χ2v) is 9.53. The average molecular weight is 319 g/mol. The van der Waals surface area contributed by atoms with E-state index in [1.54, 1.807) is 19.3 Å².